The van der Waals surface area contributed by atoms with Crippen LogP contribution in [0.5, 0.6) is 0 Å². The third-order valence-corrected chi connectivity index (χ3v) is 4.16. The summed E-state index contributed by atoms with van der Waals surface area (Å²) in [4.78, 5) is 4.43. The lowest BCUT2D eigenvalue weighted by atomic mass is 9.84. The molecule has 0 bridgehead atoms. The van der Waals surface area contributed by atoms with Crippen molar-refractivity contribution in [3.63, 3.8) is 0 Å². The highest BCUT2D eigenvalue weighted by molar-refractivity contribution is 7.98. The third-order valence-electron chi connectivity index (χ3n) is 3.52. The lowest BCUT2D eigenvalue weighted by Gasteiger charge is -2.20. The molecule has 21 heavy (non-hydrogen) atoms. The number of hydrogen-bond donors (Lipinski definition) is 1. The maximum atomic E-state index is 13.0. The van der Waals surface area contributed by atoms with Crippen molar-refractivity contribution in [2.24, 2.45) is 5.73 Å². The summed E-state index contributed by atoms with van der Waals surface area (Å²) >= 11 is 1.73. The number of rotatable bonds is 6. The maximum Gasteiger partial charge on any atom is 0.243 e. The fraction of sp³-hybridized carbons (Fsp3) is 0.467. The van der Waals surface area contributed by atoms with Crippen LogP contribution in [-0.2, 0) is 5.41 Å². The van der Waals surface area contributed by atoms with Crippen molar-refractivity contribution in [3.05, 3.63) is 47.4 Å². The van der Waals surface area contributed by atoms with Crippen LogP contribution in [0.4, 0.5) is 4.39 Å². The van der Waals surface area contributed by atoms with Gasteiger partial charge in [0, 0.05) is 0 Å². The van der Waals surface area contributed by atoms with E-state index in [4.69, 9.17) is 10.3 Å². The molecule has 1 aromatic carbocycles. The molecule has 6 heteroatoms. The molecule has 0 saturated carbocycles. The molecule has 114 valence electrons. The first-order valence-corrected chi connectivity index (χ1v) is 8.19. The Bertz CT molecular complexity index is 583. The molecule has 0 aliphatic heterocycles. The number of halogens is 1. The van der Waals surface area contributed by atoms with Crippen LogP contribution >= 0.6 is 11.8 Å². The van der Waals surface area contributed by atoms with E-state index in [-0.39, 0.29) is 11.9 Å². The van der Waals surface area contributed by atoms with Gasteiger partial charge in [0.15, 0.2) is 5.82 Å². The molecule has 0 amide bonds. The molecule has 4 nitrogen and oxygen atoms in total. The van der Waals surface area contributed by atoms with Crippen LogP contribution in [0.15, 0.2) is 28.8 Å². The van der Waals surface area contributed by atoms with E-state index in [0.717, 1.165) is 17.7 Å². The molecule has 0 spiro atoms. The van der Waals surface area contributed by atoms with Crippen LogP contribution in [0.25, 0.3) is 0 Å². The number of hydrogen-bond acceptors (Lipinski definition) is 5. The monoisotopic (exact) mass is 309 g/mol. The standard InChI is InChI=1S/C15H20FN3OS/c1-15(2,10-4-6-11(16)7-5-10)14-18-13(20-19-14)12(17)8-9-21-3/h4-7,12H,8-9,17H2,1-3H3. The summed E-state index contributed by atoms with van der Waals surface area (Å²) in [5, 5.41) is 4.05. The largest absolute Gasteiger partial charge is 0.338 e. The molecular formula is C15H20FN3OS. The van der Waals surface area contributed by atoms with Gasteiger partial charge in [-0.15, -0.1) is 0 Å². The van der Waals surface area contributed by atoms with E-state index < -0.39 is 5.41 Å². The lowest BCUT2D eigenvalue weighted by molar-refractivity contribution is 0.344. The van der Waals surface area contributed by atoms with Gasteiger partial charge in [0.25, 0.3) is 0 Å². The quantitative estimate of drug-likeness (QED) is 0.887. The van der Waals surface area contributed by atoms with Gasteiger partial charge in [-0.25, -0.2) is 4.39 Å². The highest BCUT2D eigenvalue weighted by Gasteiger charge is 2.29. The van der Waals surface area contributed by atoms with E-state index in [0.29, 0.717) is 11.7 Å². The van der Waals surface area contributed by atoms with Crippen molar-refractivity contribution < 1.29 is 8.91 Å². The second-order valence-corrected chi connectivity index (χ2v) is 6.46. The molecule has 0 radical (unpaired) electrons. The van der Waals surface area contributed by atoms with Crippen LogP contribution in [0, 0.1) is 5.82 Å². The SMILES string of the molecule is CSCCC(N)c1nc(C(C)(C)c2ccc(F)cc2)no1. The molecule has 2 aromatic rings. The minimum absolute atomic E-state index is 0.247. The van der Waals surface area contributed by atoms with Gasteiger partial charge in [0.2, 0.25) is 5.89 Å². The van der Waals surface area contributed by atoms with Crippen LogP contribution in [0.3, 0.4) is 0 Å². The Morgan fingerprint density at radius 1 is 1.33 bits per heavy atom. The first-order chi connectivity index (χ1) is 9.95. The zero-order valence-corrected chi connectivity index (χ0v) is 13.3. The molecule has 2 rings (SSSR count). The Labute approximate surface area is 128 Å². The van der Waals surface area contributed by atoms with Crippen LogP contribution in [-0.4, -0.2) is 22.1 Å². The van der Waals surface area contributed by atoms with Crippen molar-refractivity contribution in [2.75, 3.05) is 12.0 Å². The normalized spacial score (nSPS) is 13.4. The minimum atomic E-state index is -0.464. The topological polar surface area (TPSA) is 64.9 Å². The first kappa shape index (κ1) is 16.0. The van der Waals surface area contributed by atoms with Crippen molar-refractivity contribution in [2.45, 2.75) is 31.7 Å². The average Bonchev–Trinajstić information content (AvgIpc) is 2.96. The van der Waals surface area contributed by atoms with Crippen LogP contribution in [0.2, 0.25) is 0 Å². The van der Waals surface area contributed by atoms with Gasteiger partial charge in [-0.1, -0.05) is 17.3 Å². The number of nitrogens with zero attached hydrogens (tertiary/aromatic N) is 2. The molecular weight excluding hydrogens is 289 g/mol. The molecule has 1 aromatic heterocycles. The van der Waals surface area contributed by atoms with Gasteiger partial charge in [0.05, 0.1) is 11.5 Å². The van der Waals surface area contributed by atoms with Gasteiger partial charge in [0.1, 0.15) is 5.82 Å². The summed E-state index contributed by atoms with van der Waals surface area (Å²) in [6.07, 6.45) is 2.82. The summed E-state index contributed by atoms with van der Waals surface area (Å²) in [7, 11) is 0. The molecule has 1 heterocycles. The number of nitrogens with two attached hydrogens (primary N) is 1. The average molecular weight is 309 g/mol. The fourth-order valence-electron chi connectivity index (χ4n) is 2.00. The molecule has 2 N–H and O–H groups in total. The van der Waals surface area contributed by atoms with Gasteiger partial charge in [-0.2, -0.15) is 16.7 Å². The van der Waals surface area contributed by atoms with Crippen LogP contribution in [0.1, 0.15) is 43.6 Å². The lowest BCUT2D eigenvalue weighted by Crippen LogP contribution is -2.21. The Morgan fingerprint density at radius 3 is 2.62 bits per heavy atom. The Hall–Kier alpha value is -1.40. The highest BCUT2D eigenvalue weighted by atomic mass is 32.2. The van der Waals surface area contributed by atoms with E-state index >= 15 is 0 Å². The molecule has 1 unspecified atom stereocenters. The fourth-order valence-corrected chi connectivity index (χ4v) is 2.49. The summed E-state index contributed by atoms with van der Waals surface area (Å²) in [6.45, 7) is 3.95. The van der Waals surface area contributed by atoms with E-state index in [9.17, 15) is 4.39 Å². The van der Waals surface area contributed by atoms with Gasteiger partial charge in [-0.05, 0) is 50.0 Å². The second-order valence-electron chi connectivity index (χ2n) is 5.48. The maximum absolute atomic E-state index is 13.0. The molecule has 0 aliphatic rings. The highest BCUT2D eigenvalue weighted by Crippen LogP contribution is 2.30. The summed E-state index contributed by atoms with van der Waals surface area (Å²) in [5.41, 5.74) is 6.50. The zero-order chi connectivity index (χ0) is 15.5. The van der Waals surface area contributed by atoms with Gasteiger partial charge in [-0.3, -0.25) is 0 Å². The predicted octanol–water partition coefficient (Wildman–Crippen LogP) is 3.29. The van der Waals surface area contributed by atoms with E-state index in [1.165, 1.54) is 12.1 Å². The van der Waals surface area contributed by atoms with E-state index in [1.807, 2.05) is 20.1 Å². The predicted molar refractivity (Wildman–Crippen MR) is 82.8 cm³/mol. The molecule has 1 atom stereocenters. The summed E-state index contributed by atoms with van der Waals surface area (Å²) < 4.78 is 18.3. The molecule has 0 aliphatic carbocycles. The molecule has 0 saturated heterocycles. The smallest absolute Gasteiger partial charge is 0.243 e. The molecule has 0 fully saturated rings. The Balaban J connectivity index is 2.21. The Morgan fingerprint density at radius 2 is 2.00 bits per heavy atom. The third kappa shape index (κ3) is 3.63. The second kappa shape index (κ2) is 6.58. The van der Waals surface area contributed by atoms with Gasteiger partial charge < -0.3 is 10.3 Å². The van der Waals surface area contributed by atoms with Crippen LogP contribution < -0.4 is 5.73 Å². The van der Waals surface area contributed by atoms with Crippen molar-refractivity contribution in [1.82, 2.24) is 10.1 Å². The summed E-state index contributed by atoms with van der Waals surface area (Å²) in [6, 6.07) is 6.09. The van der Waals surface area contributed by atoms with Crippen molar-refractivity contribution in [3.8, 4) is 0 Å². The van der Waals surface area contributed by atoms with E-state index in [2.05, 4.69) is 10.1 Å². The van der Waals surface area contributed by atoms with E-state index in [1.54, 1.807) is 23.9 Å². The Kier molecular flexibility index (Phi) is 5.00. The van der Waals surface area contributed by atoms with Crippen molar-refractivity contribution in [1.29, 1.82) is 0 Å². The summed E-state index contributed by atoms with van der Waals surface area (Å²) in [5.74, 6) is 1.70. The zero-order valence-electron chi connectivity index (χ0n) is 12.5. The minimum Gasteiger partial charge on any atom is -0.338 e. The first-order valence-electron chi connectivity index (χ1n) is 6.80. The number of aromatic nitrogens is 2. The number of thioether (sulfide) groups is 1. The number of benzene rings is 1. The van der Waals surface area contributed by atoms with Crippen molar-refractivity contribution >= 4 is 11.8 Å². The van der Waals surface area contributed by atoms with Gasteiger partial charge >= 0.3 is 0 Å².